The van der Waals surface area contributed by atoms with Crippen LogP contribution in [0.1, 0.15) is 550 Å². The van der Waals surface area contributed by atoms with Crippen molar-refractivity contribution in [2.45, 2.75) is 534 Å². The van der Waals surface area contributed by atoms with Gasteiger partial charge in [-0.1, -0.05) is 463 Å². The fraction of sp³-hybridized carbons (Fsp3) is 0.710. The first-order chi connectivity index (χ1) is 69.2. The Bertz CT molecular complexity index is 3770. The van der Waals surface area contributed by atoms with E-state index in [1.807, 2.05) is 133 Å². The lowest BCUT2D eigenvalue weighted by Crippen LogP contribution is -2.42. The first-order valence-corrected chi connectivity index (χ1v) is 62.1. The Kier molecular flexibility index (Phi) is 64.4. The van der Waals surface area contributed by atoms with Gasteiger partial charge in [0.1, 0.15) is 0 Å². The van der Waals surface area contributed by atoms with E-state index in [0.29, 0.717) is 24.0 Å². The molecular formula is C138H224N2O. The van der Waals surface area contributed by atoms with Crippen molar-refractivity contribution in [3.8, 4) is 11.1 Å². The van der Waals surface area contributed by atoms with E-state index in [2.05, 4.69) is 152 Å². The number of piperidine rings is 1. The molecule has 141 heavy (non-hydrogen) atoms. The average Bonchev–Trinajstić information content (AvgIpc) is 1.57. The Hall–Kier alpha value is -5.64. The summed E-state index contributed by atoms with van der Waals surface area (Å²) in [5.41, 5.74) is 17.0. The van der Waals surface area contributed by atoms with Gasteiger partial charge in [-0.25, -0.2) is 0 Å². The topological polar surface area (TPSA) is 42.0 Å². The zero-order chi connectivity index (χ0) is 100.0. The predicted molar refractivity (Wildman–Crippen MR) is 625 cm³/mol. The Labute approximate surface area is 875 Å². The molecular weight excluding hydrogens is 1700 g/mol. The van der Waals surface area contributed by atoms with Crippen molar-refractivity contribution in [3.63, 3.8) is 0 Å². The van der Waals surface area contributed by atoms with Crippen molar-refractivity contribution in [2.75, 3.05) is 6.54 Å². The van der Waals surface area contributed by atoms with Crippen molar-refractivity contribution < 1.29 is 4.79 Å². The molecule has 1 saturated heterocycles. The van der Waals surface area contributed by atoms with Crippen LogP contribution in [0.3, 0.4) is 0 Å². The third kappa shape index (κ3) is 42.9. The number of carbonyl (C=O) groups is 1. The standard InChI is InChI=1S/C14H12.C11H20.C11H18.C10H10O.C10H16.C10H18.C10H12.C9H17N.C9H11N.C9H10.2C7H12.C6H10.7C2H6.CH4/c1-10-11-6-2-4-8-13(11)14-9-5-3-7-12(10)14;2*1-4-10-6-2-7-11(5-1)9-3-8-10;1-7-6-10(11)9-5-3-2-4-8(7)9;1-7-2-9-4-8(1)5-10(3-7)6-9;2*1-2-6-10-8-4-3-7-9(10)5-1;2*1-2-6-9-8(4-1)5-3-7-10-9;1-2-5-9-7-3-6-8(9)4-1;1-2-7-4-3-6(1)5-7;1-2-6-4-7(3-1)5-6;1-2-4-6-5-3-1;7*1-2;/h2-10H,1H3;10-11H,1-9H2;1,4,10-11H,2-3,5-9H2;2-5,7H,6H2,1H3;7-10H,1-6H2;9-10H,1-8H2;1-2,5-6H,3-4,7-8H2;8-10H,1-7H2;3,5,7H,1-2,4,6H2;1-2,4-5H,3,6-7H2;2*6-7H,1-5H2;1-2H,3-6H2;7*1-2H3;1H4. The molecule has 3 atom stereocenters. The maximum Gasteiger partial charge on any atom is 0.163 e. The van der Waals surface area contributed by atoms with Gasteiger partial charge in [-0.15, -0.1) is 0 Å². The van der Waals surface area contributed by atoms with Crippen LogP contribution in [0.5, 0.6) is 0 Å². The minimum Gasteiger partial charge on any atom is -0.314 e. The molecule has 3 heteroatoms. The van der Waals surface area contributed by atoms with E-state index in [4.69, 9.17) is 0 Å². The number of fused-ring (bicyclic) bond motifs is 24. The van der Waals surface area contributed by atoms with Crippen LogP contribution < -0.4 is 5.32 Å². The molecule has 16 saturated carbocycles. The minimum atomic E-state index is 0. The number of Topliss-reactive ketones (excluding diaryl/α,β-unsaturated/α-hetero) is 1. The maximum absolute atomic E-state index is 11.3. The zero-order valence-corrected chi connectivity index (χ0v) is 94.4. The highest BCUT2D eigenvalue weighted by Gasteiger charge is 2.42. The van der Waals surface area contributed by atoms with Gasteiger partial charge in [0.15, 0.2) is 5.78 Å². The van der Waals surface area contributed by atoms with E-state index < -0.39 is 0 Å². The molecule has 0 spiro atoms. The SMILES string of the molecule is C.C1=CC2CCCC(C1)CCC2.C1=CCCCC1.C1C2CC3CC1CC(C2)C3.C1CC2CC(C1)C2.C1CC2CCC1C2.C1CC2CCCC(C1)CCC2.C1CCC2CCCCC2C1.C1CCC2NCCCC2C1.CC.CC.CC.CC.CC.CC.CC.CC1CC(=O)c2ccccc21.CC1c2ccccc2-c2ccccc21.c1ccc2c(c1)CCC2.c1ccc2c(c1)CCCC2.c1cnc2c(c1)CCCC2. The lowest BCUT2D eigenvalue weighted by molar-refractivity contribution is 0.0198. The molecule has 25 aliphatic rings. The molecule has 5 aromatic carbocycles. The number of allylic oxidation sites excluding steroid dienone is 4. The summed E-state index contributed by atoms with van der Waals surface area (Å²) < 4.78 is 0. The molecule has 0 radical (unpaired) electrons. The summed E-state index contributed by atoms with van der Waals surface area (Å²) in [6, 6.07) is 48.0. The van der Waals surface area contributed by atoms with Crippen molar-refractivity contribution in [1.82, 2.24) is 10.3 Å². The van der Waals surface area contributed by atoms with Gasteiger partial charge < -0.3 is 5.32 Å². The first-order valence-electron chi connectivity index (χ1n) is 62.1. The van der Waals surface area contributed by atoms with Gasteiger partial charge in [0, 0.05) is 35.8 Å². The summed E-state index contributed by atoms with van der Waals surface area (Å²) >= 11 is 0. The lowest BCUT2D eigenvalue weighted by atomic mass is 9.56. The summed E-state index contributed by atoms with van der Waals surface area (Å²) in [4.78, 5) is 15.6. The number of nitrogens with zero attached hydrogens (tertiary/aromatic N) is 1. The van der Waals surface area contributed by atoms with Crippen molar-refractivity contribution in [3.05, 3.63) is 220 Å². The second kappa shape index (κ2) is 74.3. The highest BCUT2D eigenvalue weighted by atomic mass is 16.1. The molecule has 2 heterocycles. The number of carbonyl (C=O) groups excluding carboxylic acids is 1. The third-order valence-electron chi connectivity index (χ3n) is 35.6. The van der Waals surface area contributed by atoms with Gasteiger partial charge in [0.25, 0.3) is 0 Å². The van der Waals surface area contributed by atoms with E-state index in [-0.39, 0.29) is 7.43 Å². The maximum atomic E-state index is 11.3. The largest absolute Gasteiger partial charge is 0.314 e. The smallest absolute Gasteiger partial charge is 0.163 e. The molecule has 1 aromatic heterocycles. The number of ketones is 1. The Morgan fingerprint density at radius 1 is 0.270 bits per heavy atom. The molecule has 17 fully saturated rings. The van der Waals surface area contributed by atoms with Gasteiger partial charge in [-0.2, -0.15) is 0 Å². The zero-order valence-electron chi connectivity index (χ0n) is 94.4. The summed E-state index contributed by atoms with van der Waals surface area (Å²) in [5.74, 6) is 18.3. The summed E-state index contributed by atoms with van der Waals surface area (Å²) in [6.07, 6.45) is 103. The van der Waals surface area contributed by atoms with Crippen LogP contribution in [0.4, 0.5) is 0 Å². The summed E-state index contributed by atoms with van der Waals surface area (Å²) in [6.45, 7) is 33.7. The van der Waals surface area contributed by atoms with Gasteiger partial charge in [-0.3, -0.25) is 9.78 Å². The molecule has 6 aromatic rings. The molecule has 3 nitrogen and oxygen atoms in total. The van der Waals surface area contributed by atoms with Crippen LogP contribution in [0.25, 0.3) is 11.1 Å². The number of rotatable bonds is 0. The van der Waals surface area contributed by atoms with Crippen LogP contribution in [0.15, 0.2) is 164 Å². The van der Waals surface area contributed by atoms with Crippen molar-refractivity contribution >= 4 is 5.78 Å². The number of aromatic nitrogens is 1. The van der Waals surface area contributed by atoms with Crippen molar-refractivity contribution in [1.29, 1.82) is 0 Å². The van der Waals surface area contributed by atoms with E-state index in [9.17, 15) is 4.79 Å². The van der Waals surface area contributed by atoms with Crippen LogP contribution >= 0.6 is 0 Å². The van der Waals surface area contributed by atoms with Gasteiger partial charge in [0.05, 0.1) is 0 Å². The predicted octanol–water partition coefficient (Wildman–Crippen LogP) is 42.6. The third-order valence-corrected chi connectivity index (χ3v) is 35.6. The quantitative estimate of drug-likeness (QED) is 0.154. The Balaban J connectivity index is 0.000000206. The minimum absolute atomic E-state index is 0. The number of pyridine rings is 1. The van der Waals surface area contributed by atoms with Crippen LogP contribution in [0.2, 0.25) is 0 Å². The second-order valence-electron chi connectivity index (χ2n) is 44.8. The number of nitrogens with one attached hydrogen (secondary N) is 1. The summed E-state index contributed by atoms with van der Waals surface area (Å²) in [5, 5.41) is 3.62. The fourth-order valence-corrected chi connectivity index (χ4v) is 28.6. The molecule has 1 N–H and O–H groups in total. The van der Waals surface area contributed by atoms with E-state index in [1.165, 1.54) is 324 Å². The Morgan fingerprint density at radius 2 is 0.610 bits per heavy atom. The van der Waals surface area contributed by atoms with Crippen LogP contribution in [-0.2, 0) is 38.5 Å². The molecule has 3 unspecified atom stereocenters. The molecule has 12 bridgehead atoms. The van der Waals surface area contributed by atoms with E-state index >= 15 is 0 Å². The fourth-order valence-electron chi connectivity index (χ4n) is 28.6. The molecule has 792 valence electrons. The van der Waals surface area contributed by atoms with E-state index in [0.717, 1.165) is 53.0 Å². The number of hydrogen-bond donors (Lipinski definition) is 1. The van der Waals surface area contributed by atoms with Crippen LogP contribution in [-0.4, -0.2) is 23.4 Å². The molecule has 0 amide bonds. The Morgan fingerprint density at radius 3 is 1.00 bits per heavy atom. The summed E-state index contributed by atoms with van der Waals surface area (Å²) in [7, 11) is 0. The van der Waals surface area contributed by atoms with E-state index in [1.54, 1.807) is 183 Å². The number of hydrogen-bond acceptors (Lipinski definition) is 3. The molecule has 24 aliphatic carbocycles. The highest BCUT2D eigenvalue weighted by molar-refractivity contribution is 6.01. The first kappa shape index (κ1) is 122. The average molecular weight is 1930 g/mol. The molecule has 31 rings (SSSR count). The highest BCUT2D eigenvalue weighted by Crippen LogP contribution is 2.54. The lowest BCUT2D eigenvalue weighted by Gasteiger charge is -2.49. The van der Waals surface area contributed by atoms with Gasteiger partial charge in [-0.05, 0) is 362 Å². The monoisotopic (exact) mass is 1930 g/mol. The number of benzene rings is 5. The second-order valence-corrected chi connectivity index (χ2v) is 44.8. The van der Waals surface area contributed by atoms with Gasteiger partial charge >= 0.3 is 0 Å². The van der Waals surface area contributed by atoms with Gasteiger partial charge in [0.2, 0.25) is 0 Å². The molecule has 1 aliphatic heterocycles. The number of aryl methyl sites for hydroxylation is 6. The van der Waals surface area contributed by atoms with Crippen molar-refractivity contribution in [2.24, 2.45) is 88.8 Å². The van der Waals surface area contributed by atoms with Crippen LogP contribution in [0, 0.1) is 88.8 Å². The normalized spacial score (nSPS) is 28.3.